The molecular formula is C7H17NOS. The highest BCUT2D eigenvalue weighted by Gasteiger charge is 2.11. The van der Waals surface area contributed by atoms with E-state index in [0.29, 0.717) is 0 Å². The van der Waals surface area contributed by atoms with Crippen LogP contribution in [0.5, 0.6) is 0 Å². The van der Waals surface area contributed by atoms with E-state index in [4.69, 9.17) is 0 Å². The van der Waals surface area contributed by atoms with Gasteiger partial charge in [0.1, 0.15) is 0 Å². The third kappa shape index (κ3) is 4.82. The highest BCUT2D eigenvalue weighted by atomic mass is 32.2. The third-order valence-electron chi connectivity index (χ3n) is 0.959. The van der Waals surface area contributed by atoms with Gasteiger partial charge in [-0.15, -0.1) is 0 Å². The van der Waals surface area contributed by atoms with Crippen molar-refractivity contribution in [3.63, 3.8) is 0 Å². The van der Waals surface area contributed by atoms with E-state index in [0.717, 1.165) is 0 Å². The fourth-order valence-electron chi connectivity index (χ4n) is 0.667. The van der Waals surface area contributed by atoms with Gasteiger partial charge in [0, 0.05) is 21.5 Å². The zero-order chi connectivity index (χ0) is 8.41. The van der Waals surface area contributed by atoms with Crippen LogP contribution in [0.3, 0.4) is 0 Å². The van der Waals surface area contributed by atoms with Crippen molar-refractivity contribution < 1.29 is 4.21 Å². The quantitative estimate of drug-likeness (QED) is 0.575. The van der Waals surface area contributed by atoms with E-state index in [9.17, 15) is 4.21 Å². The van der Waals surface area contributed by atoms with Gasteiger partial charge in [-0.3, -0.25) is 4.21 Å². The van der Waals surface area contributed by atoms with Crippen LogP contribution in [0.25, 0.3) is 0 Å². The van der Waals surface area contributed by atoms with Crippen LogP contribution in [0.4, 0.5) is 0 Å². The molecule has 0 bridgehead atoms. The number of hydrogen-bond acceptors (Lipinski definition) is 1. The van der Waals surface area contributed by atoms with Gasteiger partial charge < -0.3 is 0 Å². The van der Waals surface area contributed by atoms with Crippen molar-refractivity contribution in [3.8, 4) is 0 Å². The highest BCUT2D eigenvalue weighted by Crippen LogP contribution is 2.00. The largest absolute Gasteiger partial charge is 0.253 e. The minimum Gasteiger partial charge on any atom is -0.253 e. The summed E-state index contributed by atoms with van der Waals surface area (Å²) in [6, 6.07) is 0. The monoisotopic (exact) mass is 163 g/mol. The lowest BCUT2D eigenvalue weighted by atomic mass is 10.1. The lowest BCUT2D eigenvalue weighted by molar-refractivity contribution is 0.520. The van der Waals surface area contributed by atoms with Crippen molar-refractivity contribution in [2.24, 2.45) is 0 Å². The number of rotatable bonds is 1. The Morgan fingerprint density at radius 2 is 1.80 bits per heavy atom. The van der Waals surface area contributed by atoms with Crippen molar-refractivity contribution in [3.05, 3.63) is 0 Å². The molecule has 0 aliphatic rings. The molecule has 1 unspecified atom stereocenters. The molecule has 0 saturated heterocycles. The molecule has 0 rings (SSSR count). The molecule has 62 valence electrons. The van der Waals surface area contributed by atoms with Crippen molar-refractivity contribution >= 4 is 15.1 Å². The Kier molecular flexibility index (Phi) is 2.92. The molecule has 0 heterocycles. The van der Waals surface area contributed by atoms with Gasteiger partial charge in [-0.05, 0) is 33.1 Å². The van der Waals surface area contributed by atoms with E-state index >= 15 is 0 Å². The van der Waals surface area contributed by atoms with Crippen LogP contribution in [0.15, 0.2) is 0 Å². The van der Waals surface area contributed by atoms with E-state index in [1.807, 2.05) is 20.8 Å². The van der Waals surface area contributed by atoms with Gasteiger partial charge in [0.05, 0.1) is 0 Å². The highest BCUT2D eigenvalue weighted by molar-refractivity contribution is 7.98. The summed E-state index contributed by atoms with van der Waals surface area (Å²) in [5.41, 5.74) is -0.0711. The summed E-state index contributed by atoms with van der Waals surface area (Å²) in [6.45, 7) is 7.81. The van der Waals surface area contributed by atoms with Crippen molar-refractivity contribution in [2.45, 2.75) is 33.2 Å². The first-order valence-corrected chi connectivity index (χ1v) is 5.37. The molecule has 0 fully saturated rings. The van der Waals surface area contributed by atoms with E-state index in [2.05, 4.69) is 4.72 Å². The molecule has 10 heavy (non-hydrogen) atoms. The van der Waals surface area contributed by atoms with Gasteiger partial charge in [0.25, 0.3) is 0 Å². The van der Waals surface area contributed by atoms with Gasteiger partial charge in [-0.2, -0.15) is 0 Å². The predicted octanol–water partition coefficient (Wildman–Crippen LogP) is 1.03. The average molecular weight is 163 g/mol. The molecule has 0 aliphatic heterocycles. The fourth-order valence-corrected chi connectivity index (χ4v) is 2.00. The summed E-state index contributed by atoms with van der Waals surface area (Å²) in [5, 5.41) is 1.71. The van der Waals surface area contributed by atoms with E-state index in [-0.39, 0.29) is 5.54 Å². The summed E-state index contributed by atoms with van der Waals surface area (Å²) in [5.74, 6) is 0. The first kappa shape index (κ1) is 9.98. The molecule has 0 aromatic heterocycles. The Bertz CT molecular complexity index is 206. The molecule has 0 spiro atoms. The third-order valence-corrected chi connectivity index (χ3v) is 2.88. The zero-order valence-corrected chi connectivity index (χ0v) is 8.21. The Labute approximate surface area is 64.2 Å². The van der Waals surface area contributed by atoms with Gasteiger partial charge in [0.15, 0.2) is 0 Å². The second-order valence-electron chi connectivity index (χ2n) is 3.49. The molecule has 0 radical (unpaired) electrons. The second-order valence-corrected chi connectivity index (χ2v) is 5.98. The molecule has 0 amide bonds. The second kappa shape index (κ2) is 2.93. The van der Waals surface area contributed by atoms with Crippen molar-refractivity contribution in [1.29, 1.82) is 0 Å². The molecule has 3 heteroatoms. The maximum absolute atomic E-state index is 11.4. The Morgan fingerprint density at radius 3 is 1.90 bits per heavy atom. The molecule has 2 nitrogen and oxygen atoms in total. The Hall–Kier alpha value is -0.0200. The standard InChI is InChI=1S/C7H17NOS/c1-6-10(5,9)8-7(2,3)4/h6H,1-5H3,(H,8,9). The van der Waals surface area contributed by atoms with Crippen LogP contribution >= 0.6 is 0 Å². The molecule has 0 aliphatic carbocycles. The number of nitrogens with one attached hydrogen (secondary N) is 1. The first-order chi connectivity index (χ1) is 4.27. The minimum absolute atomic E-state index is 0.0711. The van der Waals surface area contributed by atoms with Gasteiger partial charge >= 0.3 is 0 Å². The summed E-state index contributed by atoms with van der Waals surface area (Å²) in [6.07, 6.45) is 1.71. The molecular weight excluding hydrogens is 146 g/mol. The Morgan fingerprint density at radius 1 is 1.40 bits per heavy atom. The average Bonchev–Trinajstić information content (AvgIpc) is 1.60. The Balaban J connectivity index is 4.33. The van der Waals surface area contributed by atoms with Crippen molar-refractivity contribution in [2.75, 3.05) is 6.26 Å². The maximum Gasteiger partial charge on any atom is 0.0252 e. The van der Waals surface area contributed by atoms with E-state index < -0.39 is 9.71 Å². The SMILES string of the molecule is CC=S(C)(=O)NC(C)(C)C. The van der Waals surface area contributed by atoms with Gasteiger partial charge in [0.2, 0.25) is 0 Å². The normalized spacial score (nSPS) is 18.1. The van der Waals surface area contributed by atoms with Crippen LogP contribution in [0, 0.1) is 0 Å². The smallest absolute Gasteiger partial charge is 0.0252 e. The van der Waals surface area contributed by atoms with Crippen LogP contribution in [0.2, 0.25) is 0 Å². The lowest BCUT2D eigenvalue weighted by Gasteiger charge is -2.21. The van der Waals surface area contributed by atoms with Crippen LogP contribution < -0.4 is 4.72 Å². The maximum atomic E-state index is 11.4. The fraction of sp³-hybridized carbons (Fsp3) is 0.857. The molecule has 1 N–H and O–H groups in total. The zero-order valence-electron chi connectivity index (χ0n) is 7.39. The lowest BCUT2D eigenvalue weighted by Crippen LogP contribution is -2.40. The molecule has 1 atom stereocenters. The summed E-state index contributed by atoms with van der Waals surface area (Å²) < 4.78 is 14.4. The van der Waals surface area contributed by atoms with Crippen LogP contribution in [-0.2, 0) is 9.71 Å². The van der Waals surface area contributed by atoms with Gasteiger partial charge in [-0.25, -0.2) is 4.72 Å². The van der Waals surface area contributed by atoms with Crippen LogP contribution in [0.1, 0.15) is 27.7 Å². The van der Waals surface area contributed by atoms with Gasteiger partial charge in [-0.1, -0.05) is 0 Å². The summed E-state index contributed by atoms with van der Waals surface area (Å²) in [7, 11) is -1.90. The van der Waals surface area contributed by atoms with E-state index in [1.165, 1.54) is 0 Å². The summed E-state index contributed by atoms with van der Waals surface area (Å²) >= 11 is 0. The molecule has 0 aromatic rings. The van der Waals surface area contributed by atoms with E-state index in [1.54, 1.807) is 18.5 Å². The summed E-state index contributed by atoms with van der Waals surface area (Å²) in [4.78, 5) is 0. The molecule has 0 saturated carbocycles. The topological polar surface area (TPSA) is 29.1 Å². The predicted molar refractivity (Wildman–Crippen MR) is 48.7 cm³/mol. The molecule has 0 aromatic carbocycles. The minimum atomic E-state index is -1.90. The van der Waals surface area contributed by atoms with Crippen molar-refractivity contribution in [1.82, 2.24) is 4.72 Å². The van der Waals surface area contributed by atoms with Crippen LogP contribution in [-0.4, -0.2) is 21.4 Å². The first-order valence-electron chi connectivity index (χ1n) is 3.34. The number of hydrogen-bond donors (Lipinski definition) is 1.